The van der Waals surface area contributed by atoms with Crippen LogP contribution in [0.2, 0.25) is 0 Å². The van der Waals surface area contributed by atoms with Crippen molar-refractivity contribution in [2.45, 2.75) is 4.90 Å². The molecule has 0 heterocycles. The van der Waals surface area contributed by atoms with Crippen LogP contribution in [0.15, 0.2) is 108 Å². The molecular formula is C21H17NO3S. The van der Waals surface area contributed by atoms with Crippen LogP contribution in [0, 0.1) is 0 Å². The van der Waals surface area contributed by atoms with Crippen molar-refractivity contribution in [3.8, 4) is 0 Å². The van der Waals surface area contributed by atoms with Gasteiger partial charge in [0.15, 0.2) is 5.78 Å². The van der Waals surface area contributed by atoms with Gasteiger partial charge in [-0.05, 0) is 24.3 Å². The molecule has 0 bridgehead atoms. The molecule has 0 aliphatic carbocycles. The fourth-order valence-corrected chi connectivity index (χ4v) is 3.77. The van der Waals surface area contributed by atoms with Crippen molar-refractivity contribution in [2.75, 3.05) is 4.31 Å². The highest BCUT2D eigenvalue weighted by Crippen LogP contribution is 2.24. The number of para-hydroxylation sites is 1. The van der Waals surface area contributed by atoms with Crippen molar-refractivity contribution in [3.63, 3.8) is 0 Å². The Labute approximate surface area is 153 Å². The van der Waals surface area contributed by atoms with Crippen LogP contribution in [-0.2, 0) is 10.0 Å². The lowest BCUT2D eigenvalue weighted by atomic mass is 10.1. The number of anilines is 1. The monoisotopic (exact) mass is 363 g/mol. The lowest BCUT2D eigenvalue weighted by molar-refractivity contribution is 0.104. The van der Waals surface area contributed by atoms with Crippen LogP contribution in [0.5, 0.6) is 0 Å². The number of benzene rings is 3. The number of ketones is 1. The van der Waals surface area contributed by atoms with Gasteiger partial charge in [0.05, 0.1) is 10.6 Å². The van der Waals surface area contributed by atoms with E-state index in [1.807, 2.05) is 6.07 Å². The van der Waals surface area contributed by atoms with Crippen molar-refractivity contribution in [3.05, 3.63) is 109 Å². The minimum atomic E-state index is -3.84. The van der Waals surface area contributed by atoms with Gasteiger partial charge in [-0.15, -0.1) is 0 Å². The normalized spacial score (nSPS) is 11.4. The molecule has 0 saturated carbocycles. The molecule has 5 heteroatoms. The average Bonchev–Trinajstić information content (AvgIpc) is 2.70. The highest BCUT2D eigenvalue weighted by molar-refractivity contribution is 7.93. The maximum atomic E-state index is 13.0. The molecule has 130 valence electrons. The van der Waals surface area contributed by atoms with Gasteiger partial charge in [-0.1, -0.05) is 66.7 Å². The standard InChI is InChI=1S/C21H17NO3S/c23-21(18-10-4-1-5-11-18)16-17-22(19-12-6-2-7-13-19)26(24,25)20-14-8-3-9-15-20/h1-17H. The zero-order valence-corrected chi connectivity index (χ0v) is 14.7. The highest BCUT2D eigenvalue weighted by Gasteiger charge is 2.23. The summed E-state index contributed by atoms with van der Waals surface area (Å²) in [4.78, 5) is 12.5. The summed E-state index contributed by atoms with van der Waals surface area (Å²) < 4.78 is 27.2. The molecule has 0 fully saturated rings. The molecule has 0 spiro atoms. The van der Waals surface area contributed by atoms with E-state index >= 15 is 0 Å². The smallest absolute Gasteiger partial charge is 0.268 e. The zero-order valence-electron chi connectivity index (χ0n) is 13.9. The van der Waals surface area contributed by atoms with Crippen molar-refractivity contribution < 1.29 is 13.2 Å². The predicted octanol–water partition coefficient (Wildman–Crippen LogP) is 4.28. The maximum absolute atomic E-state index is 13.0. The molecule has 0 aliphatic heterocycles. The van der Waals surface area contributed by atoms with Gasteiger partial charge in [0, 0.05) is 17.8 Å². The molecule has 0 saturated heterocycles. The van der Waals surface area contributed by atoms with Crippen LogP contribution in [0.3, 0.4) is 0 Å². The van der Waals surface area contributed by atoms with Crippen molar-refractivity contribution in [1.82, 2.24) is 0 Å². The second-order valence-corrected chi connectivity index (χ2v) is 7.31. The Balaban J connectivity index is 2.00. The Bertz CT molecular complexity index is 999. The van der Waals surface area contributed by atoms with E-state index in [4.69, 9.17) is 0 Å². The first-order valence-corrected chi connectivity index (χ1v) is 9.45. The summed E-state index contributed by atoms with van der Waals surface area (Å²) in [7, 11) is -3.84. The van der Waals surface area contributed by atoms with Crippen LogP contribution in [0.1, 0.15) is 10.4 Å². The van der Waals surface area contributed by atoms with Crippen LogP contribution < -0.4 is 4.31 Å². The Morgan fingerprint density at radius 1 is 0.731 bits per heavy atom. The highest BCUT2D eigenvalue weighted by atomic mass is 32.2. The quantitative estimate of drug-likeness (QED) is 0.485. The van der Waals surface area contributed by atoms with Gasteiger partial charge in [0.25, 0.3) is 10.0 Å². The van der Waals surface area contributed by atoms with Crippen LogP contribution in [0.4, 0.5) is 5.69 Å². The molecular weight excluding hydrogens is 346 g/mol. The van der Waals surface area contributed by atoms with E-state index in [9.17, 15) is 13.2 Å². The maximum Gasteiger partial charge on any atom is 0.268 e. The molecule has 0 unspecified atom stereocenters. The number of carbonyl (C=O) groups is 1. The minimum absolute atomic E-state index is 0.153. The Morgan fingerprint density at radius 3 is 1.81 bits per heavy atom. The number of hydrogen-bond acceptors (Lipinski definition) is 3. The summed E-state index contributed by atoms with van der Waals surface area (Å²) in [5.74, 6) is -0.269. The Morgan fingerprint density at radius 2 is 1.23 bits per heavy atom. The van der Waals surface area contributed by atoms with Gasteiger partial charge in [-0.25, -0.2) is 12.7 Å². The molecule has 0 radical (unpaired) electrons. The van der Waals surface area contributed by atoms with E-state index in [0.29, 0.717) is 11.3 Å². The molecule has 3 rings (SSSR count). The topological polar surface area (TPSA) is 54.5 Å². The molecule has 0 atom stereocenters. The van der Waals surface area contributed by atoms with Gasteiger partial charge >= 0.3 is 0 Å². The largest absolute Gasteiger partial charge is 0.289 e. The molecule has 4 nitrogen and oxygen atoms in total. The fourth-order valence-electron chi connectivity index (χ4n) is 2.42. The summed E-state index contributed by atoms with van der Waals surface area (Å²) in [5.41, 5.74) is 0.947. The van der Waals surface area contributed by atoms with Gasteiger partial charge in [0.2, 0.25) is 0 Å². The van der Waals surface area contributed by atoms with Crippen molar-refractivity contribution >= 4 is 21.5 Å². The van der Waals surface area contributed by atoms with E-state index in [-0.39, 0.29) is 10.7 Å². The Hall–Kier alpha value is -3.18. The predicted molar refractivity (Wildman–Crippen MR) is 102 cm³/mol. The third kappa shape index (κ3) is 3.90. The van der Waals surface area contributed by atoms with Gasteiger partial charge in [0.1, 0.15) is 0 Å². The van der Waals surface area contributed by atoms with E-state index in [2.05, 4.69) is 0 Å². The van der Waals surface area contributed by atoms with Gasteiger partial charge < -0.3 is 0 Å². The lowest BCUT2D eigenvalue weighted by Gasteiger charge is -2.20. The number of rotatable bonds is 6. The second-order valence-electron chi connectivity index (χ2n) is 5.50. The SMILES string of the molecule is O=C(C=CN(c1ccccc1)S(=O)(=O)c1ccccc1)c1ccccc1. The molecule has 3 aromatic carbocycles. The molecule has 0 aliphatic rings. The van der Waals surface area contributed by atoms with Gasteiger partial charge in [-0.2, -0.15) is 0 Å². The third-order valence-corrected chi connectivity index (χ3v) is 5.45. The summed E-state index contributed by atoms with van der Waals surface area (Å²) in [6.45, 7) is 0. The summed E-state index contributed by atoms with van der Waals surface area (Å²) >= 11 is 0. The van der Waals surface area contributed by atoms with E-state index in [1.54, 1.807) is 72.8 Å². The van der Waals surface area contributed by atoms with E-state index in [1.165, 1.54) is 24.4 Å². The fraction of sp³-hybridized carbons (Fsp3) is 0. The summed E-state index contributed by atoms with van der Waals surface area (Å²) in [6, 6.07) is 25.5. The lowest BCUT2D eigenvalue weighted by Crippen LogP contribution is -2.25. The summed E-state index contributed by atoms with van der Waals surface area (Å²) in [6.07, 6.45) is 2.57. The second kappa shape index (κ2) is 7.80. The first-order chi connectivity index (χ1) is 12.6. The number of nitrogens with zero attached hydrogens (tertiary/aromatic N) is 1. The van der Waals surface area contributed by atoms with Crippen LogP contribution in [0.25, 0.3) is 0 Å². The van der Waals surface area contributed by atoms with Crippen molar-refractivity contribution in [1.29, 1.82) is 0 Å². The minimum Gasteiger partial charge on any atom is -0.289 e. The first-order valence-electron chi connectivity index (χ1n) is 8.01. The van der Waals surface area contributed by atoms with E-state index < -0.39 is 10.0 Å². The molecule has 3 aromatic rings. The average molecular weight is 363 g/mol. The summed E-state index contributed by atoms with van der Waals surface area (Å²) in [5, 5.41) is 0. The molecule has 0 aromatic heterocycles. The number of hydrogen-bond donors (Lipinski definition) is 0. The van der Waals surface area contributed by atoms with Crippen LogP contribution in [-0.4, -0.2) is 14.2 Å². The Kier molecular flexibility index (Phi) is 5.29. The van der Waals surface area contributed by atoms with E-state index in [0.717, 1.165) is 4.31 Å². The first kappa shape index (κ1) is 17.6. The molecule has 26 heavy (non-hydrogen) atoms. The third-order valence-electron chi connectivity index (χ3n) is 3.73. The number of sulfonamides is 1. The number of carbonyl (C=O) groups excluding carboxylic acids is 1. The number of allylic oxidation sites excluding steroid dienone is 1. The molecule has 0 amide bonds. The molecule has 0 N–H and O–H groups in total. The van der Waals surface area contributed by atoms with Gasteiger partial charge in [-0.3, -0.25) is 4.79 Å². The zero-order chi connectivity index (χ0) is 18.4. The van der Waals surface area contributed by atoms with Crippen molar-refractivity contribution in [2.24, 2.45) is 0 Å². The van der Waals surface area contributed by atoms with Crippen LogP contribution >= 0.6 is 0 Å².